The number of ether oxygens (including phenoxy) is 3. The van der Waals surface area contributed by atoms with E-state index in [1.54, 1.807) is 61.7 Å². The van der Waals surface area contributed by atoms with Crippen LogP contribution < -0.4 is 14.2 Å². The Morgan fingerprint density at radius 3 is 2.34 bits per heavy atom. The molecule has 0 saturated heterocycles. The summed E-state index contributed by atoms with van der Waals surface area (Å²) in [6, 6.07) is 16.6. The number of phenolic OH excluding ortho intramolecular Hbond substituents is 1. The Balaban J connectivity index is 1.98. The predicted octanol–water partition coefficient (Wildman–Crippen LogP) is 5.43. The highest BCUT2D eigenvalue weighted by atomic mass is 19.3. The zero-order chi connectivity index (χ0) is 20.8. The molecule has 0 aliphatic carbocycles. The second kappa shape index (κ2) is 9.05. The topological polar surface area (TPSA) is 60.3 Å². The summed E-state index contributed by atoms with van der Waals surface area (Å²) in [6.07, 6.45) is 1.47. The van der Waals surface area contributed by atoms with Gasteiger partial charge in [0.1, 0.15) is 11.5 Å². The molecule has 0 saturated carbocycles. The van der Waals surface area contributed by atoms with Gasteiger partial charge < -0.3 is 19.3 Å². The van der Waals surface area contributed by atoms with Crippen LogP contribution in [0.1, 0.15) is 5.56 Å². The van der Waals surface area contributed by atoms with Crippen molar-refractivity contribution in [3.05, 3.63) is 66.2 Å². The van der Waals surface area contributed by atoms with E-state index in [-0.39, 0.29) is 11.5 Å². The Hall–Kier alpha value is -3.61. The number of nitrogens with zero attached hydrogens (tertiary/aromatic N) is 1. The Bertz CT molecular complexity index is 1000. The summed E-state index contributed by atoms with van der Waals surface area (Å²) < 4.78 is 40.5. The number of para-hydroxylation sites is 1. The van der Waals surface area contributed by atoms with Crippen LogP contribution in [0.5, 0.6) is 23.0 Å². The van der Waals surface area contributed by atoms with E-state index in [9.17, 15) is 13.9 Å². The SMILES string of the molecule is COc1ccc(-c2cc(N=Cc3cccc(OC)c3O)ccc2OC(F)F)cc1. The maximum atomic E-state index is 12.8. The Morgan fingerprint density at radius 2 is 1.69 bits per heavy atom. The number of hydrogen-bond donors (Lipinski definition) is 1. The summed E-state index contributed by atoms with van der Waals surface area (Å²) in [7, 11) is 3.00. The lowest BCUT2D eigenvalue weighted by Crippen LogP contribution is -2.03. The third-order valence-electron chi connectivity index (χ3n) is 4.18. The van der Waals surface area contributed by atoms with E-state index in [1.807, 2.05) is 0 Å². The molecule has 0 aromatic heterocycles. The van der Waals surface area contributed by atoms with Gasteiger partial charge >= 0.3 is 6.61 Å². The van der Waals surface area contributed by atoms with Gasteiger partial charge in [-0.05, 0) is 48.0 Å². The summed E-state index contributed by atoms with van der Waals surface area (Å²) in [6.45, 7) is -2.95. The van der Waals surface area contributed by atoms with Crippen molar-refractivity contribution in [3.63, 3.8) is 0 Å². The van der Waals surface area contributed by atoms with Gasteiger partial charge in [0.05, 0.1) is 19.9 Å². The second-order valence-corrected chi connectivity index (χ2v) is 5.94. The number of aromatic hydroxyl groups is 1. The molecule has 0 radical (unpaired) electrons. The van der Waals surface area contributed by atoms with Crippen LogP contribution in [0, 0.1) is 0 Å². The summed E-state index contributed by atoms with van der Waals surface area (Å²) in [5.74, 6) is 0.974. The van der Waals surface area contributed by atoms with E-state index in [4.69, 9.17) is 9.47 Å². The van der Waals surface area contributed by atoms with Gasteiger partial charge in [-0.15, -0.1) is 0 Å². The van der Waals surface area contributed by atoms with Gasteiger partial charge in [-0.25, -0.2) is 0 Å². The fraction of sp³-hybridized carbons (Fsp3) is 0.136. The van der Waals surface area contributed by atoms with E-state index in [0.717, 1.165) is 0 Å². The van der Waals surface area contributed by atoms with Crippen molar-refractivity contribution in [2.75, 3.05) is 14.2 Å². The van der Waals surface area contributed by atoms with E-state index in [1.165, 1.54) is 19.4 Å². The summed E-state index contributed by atoms with van der Waals surface area (Å²) in [5.41, 5.74) is 2.09. The first-order valence-corrected chi connectivity index (χ1v) is 8.65. The standard InChI is InChI=1S/C22H19F2NO4/c1-27-17-9-6-14(7-10-17)18-12-16(8-11-19(18)29-22(23)24)25-13-15-4-3-5-20(28-2)21(15)26/h3-13,22,26H,1-2H3. The van der Waals surface area contributed by atoms with Gasteiger partial charge in [0.15, 0.2) is 11.5 Å². The Morgan fingerprint density at radius 1 is 0.931 bits per heavy atom. The lowest BCUT2D eigenvalue weighted by Gasteiger charge is -2.12. The maximum absolute atomic E-state index is 12.8. The zero-order valence-electron chi connectivity index (χ0n) is 15.8. The normalized spacial score (nSPS) is 11.1. The van der Waals surface area contributed by atoms with Gasteiger partial charge in [-0.2, -0.15) is 8.78 Å². The highest BCUT2D eigenvalue weighted by Crippen LogP contribution is 2.36. The smallest absolute Gasteiger partial charge is 0.387 e. The van der Waals surface area contributed by atoms with Crippen LogP contribution in [-0.4, -0.2) is 32.2 Å². The molecule has 0 spiro atoms. The monoisotopic (exact) mass is 399 g/mol. The van der Waals surface area contributed by atoms with Gasteiger partial charge in [-0.3, -0.25) is 4.99 Å². The van der Waals surface area contributed by atoms with Crippen molar-refractivity contribution >= 4 is 11.9 Å². The van der Waals surface area contributed by atoms with Gasteiger partial charge in [-0.1, -0.05) is 18.2 Å². The van der Waals surface area contributed by atoms with Gasteiger partial charge in [0, 0.05) is 17.3 Å². The van der Waals surface area contributed by atoms with Crippen molar-refractivity contribution < 1.29 is 28.1 Å². The molecule has 0 amide bonds. The minimum absolute atomic E-state index is 0.0354. The predicted molar refractivity (Wildman–Crippen MR) is 107 cm³/mol. The highest BCUT2D eigenvalue weighted by Gasteiger charge is 2.13. The maximum Gasteiger partial charge on any atom is 0.387 e. The highest BCUT2D eigenvalue weighted by molar-refractivity contribution is 5.87. The molecule has 0 fully saturated rings. The number of benzene rings is 3. The van der Waals surface area contributed by atoms with Crippen LogP contribution in [0.2, 0.25) is 0 Å². The first kappa shape index (κ1) is 20.1. The molecule has 3 rings (SSSR count). The van der Waals surface area contributed by atoms with Gasteiger partial charge in [0.2, 0.25) is 0 Å². The van der Waals surface area contributed by atoms with Crippen LogP contribution in [-0.2, 0) is 0 Å². The van der Waals surface area contributed by atoms with Crippen LogP contribution in [0.25, 0.3) is 11.1 Å². The number of halogens is 2. The first-order chi connectivity index (χ1) is 14.0. The average Bonchev–Trinajstić information content (AvgIpc) is 2.73. The fourth-order valence-corrected chi connectivity index (χ4v) is 2.75. The molecule has 7 heteroatoms. The van der Waals surface area contributed by atoms with Crippen LogP contribution in [0.3, 0.4) is 0 Å². The van der Waals surface area contributed by atoms with E-state index in [0.29, 0.717) is 33.9 Å². The largest absolute Gasteiger partial charge is 0.504 e. The molecule has 0 aliphatic rings. The van der Waals surface area contributed by atoms with E-state index >= 15 is 0 Å². The fourth-order valence-electron chi connectivity index (χ4n) is 2.75. The summed E-state index contributed by atoms with van der Waals surface area (Å²) in [4.78, 5) is 4.34. The van der Waals surface area contributed by atoms with Crippen molar-refractivity contribution in [1.29, 1.82) is 0 Å². The third-order valence-corrected chi connectivity index (χ3v) is 4.18. The Kier molecular flexibility index (Phi) is 6.29. The van der Waals surface area contributed by atoms with Crippen molar-refractivity contribution in [1.82, 2.24) is 0 Å². The van der Waals surface area contributed by atoms with Gasteiger partial charge in [0.25, 0.3) is 0 Å². The molecule has 5 nitrogen and oxygen atoms in total. The average molecular weight is 399 g/mol. The zero-order valence-corrected chi connectivity index (χ0v) is 15.8. The number of phenols is 1. The number of rotatable bonds is 7. The van der Waals surface area contributed by atoms with Crippen LogP contribution in [0.4, 0.5) is 14.5 Å². The van der Waals surface area contributed by atoms with Crippen molar-refractivity contribution in [2.24, 2.45) is 4.99 Å². The number of aliphatic imine (C=N–C) groups is 1. The number of hydrogen-bond acceptors (Lipinski definition) is 5. The first-order valence-electron chi connectivity index (χ1n) is 8.65. The molecule has 0 bridgehead atoms. The van der Waals surface area contributed by atoms with E-state index < -0.39 is 6.61 Å². The molecule has 0 atom stereocenters. The number of alkyl halides is 2. The Labute approximate surface area is 166 Å². The molecular formula is C22H19F2NO4. The minimum Gasteiger partial charge on any atom is -0.504 e. The van der Waals surface area contributed by atoms with Crippen molar-refractivity contribution in [2.45, 2.75) is 6.61 Å². The minimum atomic E-state index is -2.95. The molecule has 3 aromatic rings. The van der Waals surface area contributed by atoms with E-state index in [2.05, 4.69) is 9.73 Å². The molecule has 0 unspecified atom stereocenters. The lowest BCUT2D eigenvalue weighted by molar-refractivity contribution is -0.0494. The molecular weight excluding hydrogens is 380 g/mol. The van der Waals surface area contributed by atoms with Crippen molar-refractivity contribution in [3.8, 4) is 34.1 Å². The third kappa shape index (κ3) is 4.82. The molecule has 3 aromatic carbocycles. The van der Waals surface area contributed by atoms with Crippen LogP contribution >= 0.6 is 0 Å². The molecule has 150 valence electrons. The molecule has 1 N–H and O–H groups in total. The van der Waals surface area contributed by atoms with Crippen LogP contribution in [0.15, 0.2) is 65.7 Å². The molecule has 0 heterocycles. The lowest BCUT2D eigenvalue weighted by atomic mass is 10.0. The molecule has 0 aliphatic heterocycles. The summed E-state index contributed by atoms with van der Waals surface area (Å²) in [5, 5.41) is 10.2. The summed E-state index contributed by atoms with van der Waals surface area (Å²) >= 11 is 0. The second-order valence-electron chi connectivity index (χ2n) is 5.94. The molecule has 29 heavy (non-hydrogen) atoms. The quantitative estimate of drug-likeness (QED) is 0.539. The number of methoxy groups -OCH3 is 2.